The van der Waals surface area contributed by atoms with Gasteiger partial charge in [0.25, 0.3) is 0 Å². The molecule has 2 aromatic carbocycles. The van der Waals surface area contributed by atoms with Crippen molar-refractivity contribution in [3.05, 3.63) is 58.1 Å². The van der Waals surface area contributed by atoms with E-state index in [1.165, 1.54) is 5.56 Å². The van der Waals surface area contributed by atoms with Crippen LogP contribution in [0.3, 0.4) is 0 Å². The number of carbonyl (C=O) groups is 1. The second-order valence-corrected chi connectivity index (χ2v) is 6.60. The van der Waals surface area contributed by atoms with Gasteiger partial charge in [-0.05, 0) is 43.5 Å². The molecule has 0 saturated heterocycles. The average molecular weight is 349 g/mol. The molecule has 0 aromatic heterocycles. The topological polar surface area (TPSA) is 32.3 Å². The summed E-state index contributed by atoms with van der Waals surface area (Å²) >= 11 is 12.2. The summed E-state index contributed by atoms with van der Waals surface area (Å²) in [6.45, 7) is 2.42. The molecule has 3 rings (SSSR count). The molecule has 1 amide bonds. The molecule has 1 aliphatic heterocycles. The van der Waals surface area contributed by atoms with Crippen molar-refractivity contribution in [1.29, 1.82) is 0 Å². The van der Waals surface area contributed by atoms with E-state index < -0.39 is 0 Å². The van der Waals surface area contributed by atoms with Crippen molar-refractivity contribution < 1.29 is 4.79 Å². The molecule has 0 saturated carbocycles. The van der Waals surface area contributed by atoms with E-state index in [1.807, 2.05) is 12.1 Å². The molecule has 2 aromatic rings. The standard InChI is InChI=1S/C18H18Cl2N2O/c1-12-9-10-13-5-2-3-8-16(13)22(12)11-17(23)21-18-14(19)6-4-7-15(18)20/h2-8,12H,9-11H2,1H3,(H,21,23)/t12-/m1/s1. The van der Waals surface area contributed by atoms with Crippen molar-refractivity contribution in [3.8, 4) is 0 Å². The summed E-state index contributed by atoms with van der Waals surface area (Å²) in [7, 11) is 0. The molecule has 120 valence electrons. The Kier molecular flexibility index (Phi) is 4.79. The van der Waals surface area contributed by atoms with Crippen molar-refractivity contribution in [2.45, 2.75) is 25.8 Å². The number of hydrogen-bond acceptors (Lipinski definition) is 2. The van der Waals surface area contributed by atoms with Crippen molar-refractivity contribution in [2.24, 2.45) is 0 Å². The Balaban J connectivity index is 1.78. The zero-order valence-electron chi connectivity index (χ0n) is 12.9. The monoisotopic (exact) mass is 348 g/mol. The third-order valence-corrected chi connectivity index (χ3v) is 4.84. The van der Waals surface area contributed by atoms with Crippen LogP contribution in [0.2, 0.25) is 10.0 Å². The van der Waals surface area contributed by atoms with E-state index in [0.717, 1.165) is 18.5 Å². The maximum absolute atomic E-state index is 12.5. The van der Waals surface area contributed by atoms with E-state index in [0.29, 0.717) is 21.8 Å². The predicted octanol–water partition coefficient (Wildman–Crippen LogP) is 4.77. The molecule has 3 nitrogen and oxygen atoms in total. The van der Waals surface area contributed by atoms with Gasteiger partial charge in [-0.1, -0.05) is 47.5 Å². The minimum Gasteiger partial charge on any atom is -0.359 e. The average Bonchev–Trinajstić information content (AvgIpc) is 2.54. The lowest BCUT2D eigenvalue weighted by atomic mass is 9.96. The largest absolute Gasteiger partial charge is 0.359 e. The molecular formula is C18H18Cl2N2O. The molecular weight excluding hydrogens is 331 g/mol. The van der Waals surface area contributed by atoms with Crippen molar-refractivity contribution in [2.75, 3.05) is 16.8 Å². The Bertz CT molecular complexity index is 712. The molecule has 0 aliphatic carbocycles. The van der Waals surface area contributed by atoms with E-state index in [1.54, 1.807) is 18.2 Å². The van der Waals surface area contributed by atoms with Gasteiger partial charge >= 0.3 is 0 Å². The van der Waals surface area contributed by atoms with E-state index >= 15 is 0 Å². The molecule has 0 spiro atoms. The predicted molar refractivity (Wildman–Crippen MR) is 96.7 cm³/mol. The zero-order valence-corrected chi connectivity index (χ0v) is 14.4. The summed E-state index contributed by atoms with van der Waals surface area (Å²) in [5, 5.41) is 3.72. The summed E-state index contributed by atoms with van der Waals surface area (Å²) in [5.41, 5.74) is 2.89. The molecule has 0 unspecified atom stereocenters. The van der Waals surface area contributed by atoms with Crippen LogP contribution in [0.1, 0.15) is 18.9 Å². The quantitative estimate of drug-likeness (QED) is 0.865. The van der Waals surface area contributed by atoms with Crippen LogP contribution < -0.4 is 10.2 Å². The minimum atomic E-state index is -0.122. The number of para-hydroxylation sites is 2. The van der Waals surface area contributed by atoms with Gasteiger partial charge < -0.3 is 10.2 Å². The van der Waals surface area contributed by atoms with E-state index in [-0.39, 0.29) is 12.5 Å². The van der Waals surface area contributed by atoms with Crippen LogP contribution in [-0.4, -0.2) is 18.5 Å². The van der Waals surface area contributed by atoms with E-state index in [4.69, 9.17) is 23.2 Å². The fourth-order valence-corrected chi connectivity index (χ4v) is 3.44. The molecule has 0 radical (unpaired) electrons. The van der Waals surface area contributed by atoms with Crippen LogP contribution in [0.5, 0.6) is 0 Å². The highest BCUT2D eigenvalue weighted by molar-refractivity contribution is 6.39. The first-order chi connectivity index (χ1) is 11.1. The van der Waals surface area contributed by atoms with Crippen molar-refractivity contribution in [1.82, 2.24) is 0 Å². The van der Waals surface area contributed by atoms with E-state index in [9.17, 15) is 4.79 Å². The maximum Gasteiger partial charge on any atom is 0.243 e. The third kappa shape index (κ3) is 3.46. The van der Waals surface area contributed by atoms with Crippen LogP contribution in [0.15, 0.2) is 42.5 Å². The number of anilines is 2. The van der Waals surface area contributed by atoms with Crippen LogP contribution in [0.25, 0.3) is 0 Å². The number of amides is 1. The zero-order chi connectivity index (χ0) is 16.4. The Morgan fingerprint density at radius 2 is 1.87 bits per heavy atom. The number of rotatable bonds is 3. The first kappa shape index (κ1) is 16.2. The fraction of sp³-hybridized carbons (Fsp3) is 0.278. The van der Waals surface area contributed by atoms with Crippen LogP contribution in [0.4, 0.5) is 11.4 Å². The number of nitrogens with one attached hydrogen (secondary N) is 1. The van der Waals surface area contributed by atoms with Gasteiger partial charge in [0.2, 0.25) is 5.91 Å². The Labute approximate surface area is 146 Å². The molecule has 1 atom stereocenters. The van der Waals surface area contributed by atoms with Crippen molar-refractivity contribution in [3.63, 3.8) is 0 Å². The lowest BCUT2D eigenvalue weighted by Gasteiger charge is -2.36. The number of benzene rings is 2. The smallest absolute Gasteiger partial charge is 0.243 e. The van der Waals surface area contributed by atoms with Gasteiger partial charge in [0.15, 0.2) is 0 Å². The molecule has 23 heavy (non-hydrogen) atoms. The van der Waals surface area contributed by atoms with Gasteiger partial charge in [-0.2, -0.15) is 0 Å². The van der Waals surface area contributed by atoms with Gasteiger partial charge in [0.05, 0.1) is 22.3 Å². The highest BCUT2D eigenvalue weighted by Gasteiger charge is 2.24. The van der Waals surface area contributed by atoms with Gasteiger partial charge in [-0.15, -0.1) is 0 Å². The summed E-state index contributed by atoms with van der Waals surface area (Å²) in [6, 6.07) is 13.7. The van der Waals surface area contributed by atoms with Gasteiger partial charge in [-0.25, -0.2) is 0 Å². The highest BCUT2D eigenvalue weighted by atomic mass is 35.5. The van der Waals surface area contributed by atoms with Gasteiger partial charge in [-0.3, -0.25) is 4.79 Å². The molecule has 5 heteroatoms. The molecule has 0 fully saturated rings. The molecule has 0 bridgehead atoms. The Morgan fingerprint density at radius 3 is 2.61 bits per heavy atom. The summed E-state index contributed by atoms with van der Waals surface area (Å²) in [5.74, 6) is -0.122. The number of carbonyl (C=O) groups excluding carboxylic acids is 1. The number of nitrogens with zero attached hydrogens (tertiary/aromatic N) is 1. The number of aryl methyl sites for hydroxylation is 1. The van der Waals surface area contributed by atoms with Crippen LogP contribution >= 0.6 is 23.2 Å². The number of halogens is 2. The van der Waals surface area contributed by atoms with E-state index in [2.05, 4.69) is 29.3 Å². The van der Waals surface area contributed by atoms with Gasteiger partial charge in [0.1, 0.15) is 0 Å². The lowest BCUT2D eigenvalue weighted by Crippen LogP contribution is -2.42. The second-order valence-electron chi connectivity index (χ2n) is 5.79. The van der Waals surface area contributed by atoms with Gasteiger partial charge in [0, 0.05) is 11.7 Å². The Morgan fingerprint density at radius 1 is 1.17 bits per heavy atom. The third-order valence-electron chi connectivity index (χ3n) is 4.21. The lowest BCUT2D eigenvalue weighted by molar-refractivity contribution is -0.115. The van der Waals surface area contributed by atoms with Crippen LogP contribution in [-0.2, 0) is 11.2 Å². The molecule has 1 aliphatic rings. The maximum atomic E-state index is 12.5. The molecule has 1 N–H and O–H groups in total. The molecule has 1 heterocycles. The van der Waals surface area contributed by atoms with Crippen LogP contribution in [0, 0.1) is 0 Å². The second kappa shape index (κ2) is 6.81. The summed E-state index contributed by atoms with van der Waals surface area (Å²) in [4.78, 5) is 14.6. The SMILES string of the molecule is C[C@@H]1CCc2ccccc2N1CC(=O)Nc1c(Cl)cccc1Cl. The minimum absolute atomic E-state index is 0.122. The Hall–Kier alpha value is -1.71. The number of hydrogen-bond donors (Lipinski definition) is 1. The normalized spacial score (nSPS) is 16.8. The first-order valence-electron chi connectivity index (χ1n) is 7.64. The first-order valence-corrected chi connectivity index (χ1v) is 8.40. The highest BCUT2D eigenvalue weighted by Crippen LogP contribution is 2.32. The number of fused-ring (bicyclic) bond motifs is 1. The fourth-order valence-electron chi connectivity index (χ4n) is 2.95. The summed E-state index contributed by atoms with van der Waals surface area (Å²) < 4.78 is 0. The summed E-state index contributed by atoms with van der Waals surface area (Å²) in [6.07, 6.45) is 2.09. The van der Waals surface area contributed by atoms with Crippen molar-refractivity contribution >= 4 is 40.5 Å².